The molecule has 0 radical (unpaired) electrons. The van der Waals surface area contributed by atoms with Crippen molar-refractivity contribution in [3.05, 3.63) is 89.7 Å². The molecule has 1 fully saturated rings. The van der Waals surface area contributed by atoms with Gasteiger partial charge in [-0.05, 0) is 35.4 Å². The Balaban J connectivity index is 1.41. The van der Waals surface area contributed by atoms with Crippen LogP contribution in [0.4, 0.5) is 5.82 Å². The van der Waals surface area contributed by atoms with E-state index < -0.39 is 0 Å². The zero-order valence-electron chi connectivity index (χ0n) is 17.2. The molecule has 0 aliphatic carbocycles. The van der Waals surface area contributed by atoms with Crippen molar-refractivity contribution in [2.24, 2.45) is 0 Å². The largest absolute Gasteiger partial charge is 0.352 e. The van der Waals surface area contributed by atoms with Crippen LogP contribution in [0.5, 0.6) is 0 Å². The van der Waals surface area contributed by atoms with Gasteiger partial charge < -0.3 is 4.90 Å². The second-order valence-electron chi connectivity index (χ2n) is 7.79. The third kappa shape index (κ3) is 4.33. The lowest BCUT2D eigenvalue weighted by Crippen LogP contribution is -2.46. The molecule has 2 aromatic heterocycles. The Bertz CT molecular complexity index is 1120. The number of nitrogens with one attached hydrogen (secondary N) is 1. The molecule has 0 spiro atoms. The van der Waals surface area contributed by atoms with E-state index in [-0.39, 0.29) is 0 Å². The number of H-pyrrole nitrogens is 1. The number of aromatic nitrogens is 3. The molecule has 0 amide bonds. The molecular formula is C25H24ClN5. The minimum atomic E-state index is 0.725. The van der Waals surface area contributed by atoms with Gasteiger partial charge in [0.15, 0.2) is 5.82 Å². The predicted octanol–water partition coefficient (Wildman–Crippen LogP) is 5.11. The second kappa shape index (κ2) is 8.92. The van der Waals surface area contributed by atoms with Gasteiger partial charge in [-0.25, -0.2) is 0 Å². The highest BCUT2D eigenvalue weighted by molar-refractivity contribution is 6.30. The molecule has 1 aliphatic rings. The van der Waals surface area contributed by atoms with Crippen molar-refractivity contribution in [2.75, 3.05) is 31.1 Å². The van der Waals surface area contributed by atoms with Crippen molar-refractivity contribution >= 4 is 17.4 Å². The van der Waals surface area contributed by atoms with Gasteiger partial charge in [-0.2, -0.15) is 5.10 Å². The molecule has 5 rings (SSSR count). The molecule has 1 aliphatic heterocycles. The SMILES string of the molecule is Clc1ccc(-c2[nH]nc(N3CCN(Cc4ccccc4)CC3)c2-c2ccncc2)cc1. The maximum Gasteiger partial charge on any atom is 0.159 e. The van der Waals surface area contributed by atoms with E-state index in [1.165, 1.54) is 5.56 Å². The van der Waals surface area contributed by atoms with Crippen LogP contribution in [-0.2, 0) is 6.54 Å². The number of anilines is 1. The summed E-state index contributed by atoms with van der Waals surface area (Å²) in [5.74, 6) is 0.996. The molecule has 0 unspecified atom stereocenters. The molecule has 0 saturated carbocycles. The number of benzene rings is 2. The fraction of sp³-hybridized carbons (Fsp3) is 0.200. The molecule has 1 N–H and O–H groups in total. The Morgan fingerprint density at radius 3 is 2.23 bits per heavy atom. The number of halogens is 1. The van der Waals surface area contributed by atoms with Crippen molar-refractivity contribution in [1.82, 2.24) is 20.1 Å². The van der Waals surface area contributed by atoms with Crippen molar-refractivity contribution in [2.45, 2.75) is 6.54 Å². The number of aromatic amines is 1. The highest BCUT2D eigenvalue weighted by Gasteiger charge is 2.25. The molecule has 156 valence electrons. The van der Waals surface area contributed by atoms with E-state index in [0.717, 1.165) is 65.9 Å². The maximum absolute atomic E-state index is 6.11. The van der Waals surface area contributed by atoms with E-state index in [1.807, 2.05) is 48.8 Å². The fourth-order valence-corrected chi connectivity index (χ4v) is 4.26. The molecule has 1 saturated heterocycles. The molecule has 3 heterocycles. The van der Waals surface area contributed by atoms with E-state index in [4.69, 9.17) is 16.7 Å². The van der Waals surface area contributed by atoms with Gasteiger partial charge in [0.2, 0.25) is 0 Å². The standard InChI is InChI=1S/C25H24ClN5/c26-22-8-6-21(7-9-22)24-23(20-10-12-27-13-11-20)25(29-28-24)31-16-14-30(15-17-31)18-19-4-2-1-3-5-19/h1-13H,14-18H2,(H,28,29). The summed E-state index contributed by atoms with van der Waals surface area (Å²) in [7, 11) is 0. The van der Waals surface area contributed by atoms with Gasteiger partial charge in [0, 0.05) is 55.7 Å². The number of pyridine rings is 1. The third-order valence-electron chi connectivity index (χ3n) is 5.77. The van der Waals surface area contributed by atoms with E-state index >= 15 is 0 Å². The quantitative estimate of drug-likeness (QED) is 0.478. The molecule has 5 nitrogen and oxygen atoms in total. The van der Waals surface area contributed by atoms with Crippen LogP contribution in [0.15, 0.2) is 79.1 Å². The van der Waals surface area contributed by atoms with Gasteiger partial charge in [-0.3, -0.25) is 15.0 Å². The summed E-state index contributed by atoms with van der Waals surface area (Å²) in [6.07, 6.45) is 3.66. The number of rotatable bonds is 5. The lowest BCUT2D eigenvalue weighted by atomic mass is 10.0. The van der Waals surface area contributed by atoms with Crippen LogP contribution in [0.2, 0.25) is 5.02 Å². The van der Waals surface area contributed by atoms with Crippen LogP contribution in [0.25, 0.3) is 22.4 Å². The van der Waals surface area contributed by atoms with E-state index in [0.29, 0.717) is 0 Å². The van der Waals surface area contributed by atoms with Gasteiger partial charge in [-0.1, -0.05) is 54.1 Å². The molecule has 0 bridgehead atoms. The molecule has 6 heteroatoms. The summed E-state index contributed by atoms with van der Waals surface area (Å²) >= 11 is 6.11. The van der Waals surface area contributed by atoms with Crippen LogP contribution < -0.4 is 4.90 Å². The summed E-state index contributed by atoms with van der Waals surface area (Å²) in [5.41, 5.74) is 5.65. The highest BCUT2D eigenvalue weighted by Crippen LogP contribution is 2.38. The van der Waals surface area contributed by atoms with Gasteiger partial charge in [0.25, 0.3) is 0 Å². The summed E-state index contributed by atoms with van der Waals surface area (Å²) in [6, 6.07) is 22.6. The summed E-state index contributed by atoms with van der Waals surface area (Å²) in [4.78, 5) is 9.08. The van der Waals surface area contributed by atoms with E-state index in [2.05, 4.69) is 50.2 Å². The topological polar surface area (TPSA) is 48.1 Å². The number of piperazine rings is 1. The zero-order valence-corrected chi connectivity index (χ0v) is 18.0. The van der Waals surface area contributed by atoms with Gasteiger partial charge >= 0.3 is 0 Å². The monoisotopic (exact) mass is 429 g/mol. The second-order valence-corrected chi connectivity index (χ2v) is 8.23. The van der Waals surface area contributed by atoms with Crippen molar-refractivity contribution in [1.29, 1.82) is 0 Å². The van der Waals surface area contributed by atoms with Gasteiger partial charge in [0.05, 0.1) is 11.3 Å². The average Bonchev–Trinajstić information content (AvgIpc) is 3.26. The fourth-order valence-electron chi connectivity index (χ4n) is 4.14. The Kier molecular flexibility index (Phi) is 5.69. The van der Waals surface area contributed by atoms with Gasteiger partial charge in [-0.15, -0.1) is 0 Å². The number of nitrogens with zero attached hydrogens (tertiary/aromatic N) is 4. The minimum Gasteiger partial charge on any atom is -0.352 e. The minimum absolute atomic E-state index is 0.725. The van der Waals surface area contributed by atoms with Crippen molar-refractivity contribution in [3.63, 3.8) is 0 Å². The van der Waals surface area contributed by atoms with E-state index in [9.17, 15) is 0 Å². The Morgan fingerprint density at radius 2 is 1.52 bits per heavy atom. The molecular weight excluding hydrogens is 406 g/mol. The predicted molar refractivity (Wildman–Crippen MR) is 126 cm³/mol. The maximum atomic E-state index is 6.11. The highest BCUT2D eigenvalue weighted by atomic mass is 35.5. The first-order valence-electron chi connectivity index (χ1n) is 10.5. The van der Waals surface area contributed by atoms with E-state index in [1.54, 1.807) is 0 Å². The summed E-state index contributed by atoms with van der Waals surface area (Å²) < 4.78 is 0. The third-order valence-corrected chi connectivity index (χ3v) is 6.02. The van der Waals surface area contributed by atoms with Crippen molar-refractivity contribution in [3.8, 4) is 22.4 Å². The first kappa shape index (κ1) is 19.8. The first-order valence-corrected chi connectivity index (χ1v) is 10.9. The summed E-state index contributed by atoms with van der Waals surface area (Å²) in [6.45, 7) is 4.88. The molecule has 2 aromatic carbocycles. The smallest absolute Gasteiger partial charge is 0.159 e. The Hall–Kier alpha value is -3.15. The normalized spacial score (nSPS) is 14.7. The molecule has 31 heavy (non-hydrogen) atoms. The van der Waals surface area contributed by atoms with Gasteiger partial charge in [0.1, 0.15) is 0 Å². The van der Waals surface area contributed by atoms with Crippen LogP contribution in [0.3, 0.4) is 0 Å². The molecule has 4 aromatic rings. The number of hydrogen-bond donors (Lipinski definition) is 1. The van der Waals surface area contributed by atoms with Crippen LogP contribution in [-0.4, -0.2) is 46.3 Å². The lowest BCUT2D eigenvalue weighted by molar-refractivity contribution is 0.249. The van der Waals surface area contributed by atoms with Crippen LogP contribution >= 0.6 is 11.6 Å². The Labute approximate surface area is 187 Å². The van der Waals surface area contributed by atoms with Crippen molar-refractivity contribution < 1.29 is 0 Å². The summed E-state index contributed by atoms with van der Waals surface area (Å²) in [5, 5.41) is 8.77. The van der Waals surface area contributed by atoms with Crippen LogP contribution in [0.1, 0.15) is 5.56 Å². The number of hydrogen-bond acceptors (Lipinski definition) is 4. The zero-order chi connectivity index (χ0) is 21.0. The average molecular weight is 430 g/mol. The first-order chi connectivity index (χ1) is 15.3. The Morgan fingerprint density at radius 1 is 0.806 bits per heavy atom. The molecule has 0 atom stereocenters. The lowest BCUT2D eigenvalue weighted by Gasteiger charge is -2.35. The van der Waals surface area contributed by atoms with Crippen LogP contribution in [0, 0.1) is 0 Å².